The number of hydrogen-bond acceptors (Lipinski definition) is 4. The van der Waals surface area contributed by atoms with E-state index in [1.54, 1.807) is 23.4 Å². The molecule has 0 aliphatic carbocycles. The fourth-order valence-electron chi connectivity index (χ4n) is 2.65. The summed E-state index contributed by atoms with van der Waals surface area (Å²) >= 11 is 0. The SMILES string of the molecule is O=C(c1cc(-c2ccccc2)n[nH]1)N1CC(Oc2cccnc2)C1. The molecule has 0 atom stereocenters. The Labute approximate surface area is 139 Å². The summed E-state index contributed by atoms with van der Waals surface area (Å²) in [5, 5.41) is 7.05. The van der Waals surface area contributed by atoms with Gasteiger partial charge in [0.1, 0.15) is 17.5 Å². The molecule has 3 aromatic rings. The molecule has 0 radical (unpaired) electrons. The molecule has 3 heterocycles. The van der Waals surface area contributed by atoms with Gasteiger partial charge in [-0.3, -0.25) is 14.9 Å². The highest BCUT2D eigenvalue weighted by molar-refractivity contribution is 5.94. The second kappa shape index (κ2) is 6.16. The Hall–Kier alpha value is -3.15. The van der Waals surface area contributed by atoms with E-state index in [1.165, 1.54) is 0 Å². The minimum Gasteiger partial charge on any atom is -0.485 e. The number of benzene rings is 1. The number of pyridine rings is 1. The maximum absolute atomic E-state index is 12.5. The molecule has 6 heteroatoms. The second-order valence-corrected chi connectivity index (χ2v) is 5.67. The van der Waals surface area contributed by atoms with Crippen LogP contribution >= 0.6 is 0 Å². The predicted molar refractivity (Wildman–Crippen MR) is 88.6 cm³/mol. The highest BCUT2D eigenvalue weighted by atomic mass is 16.5. The molecule has 24 heavy (non-hydrogen) atoms. The van der Waals surface area contributed by atoms with Crippen molar-refractivity contribution in [3.63, 3.8) is 0 Å². The average Bonchev–Trinajstić information content (AvgIpc) is 3.09. The van der Waals surface area contributed by atoms with Crippen molar-refractivity contribution in [2.75, 3.05) is 13.1 Å². The molecule has 120 valence electrons. The molecular formula is C18H16N4O2. The molecule has 0 saturated carbocycles. The fourth-order valence-corrected chi connectivity index (χ4v) is 2.65. The minimum atomic E-state index is -0.0595. The van der Waals surface area contributed by atoms with Crippen molar-refractivity contribution < 1.29 is 9.53 Å². The molecule has 1 aromatic carbocycles. The number of aromatic nitrogens is 3. The number of aromatic amines is 1. The van der Waals surface area contributed by atoms with Gasteiger partial charge in [0.05, 0.1) is 25.0 Å². The zero-order chi connectivity index (χ0) is 16.4. The van der Waals surface area contributed by atoms with Crippen molar-refractivity contribution >= 4 is 5.91 Å². The van der Waals surface area contributed by atoms with Gasteiger partial charge in [-0.1, -0.05) is 30.3 Å². The summed E-state index contributed by atoms with van der Waals surface area (Å²) in [6.07, 6.45) is 3.38. The van der Waals surface area contributed by atoms with Crippen LogP contribution in [-0.2, 0) is 0 Å². The van der Waals surface area contributed by atoms with Crippen LogP contribution < -0.4 is 4.74 Å². The van der Waals surface area contributed by atoms with Gasteiger partial charge < -0.3 is 9.64 Å². The zero-order valence-electron chi connectivity index (χ0n) is 12.9. The van der Waals surface area contributed by atoms with E-state index in [-0.39, 0.29) is 12.0 Å². The number of nitrogens with zero attached hydrogens (tertiary/aromatic N) is 3. The molecule has 2 aromatic heterocycles. The second-order valence-electron chi connectivity index (χ2n) is 5.67. The normalized spacial score (nSPS) is 14.2. The topological polar surface area (TPSA) is 71.1 Å². The molecule has 1 aliphatic heterocycles. The van der Waals surface area contributed by atoms with E-state index in [0.29, 0.717) is 18.8 Å². The number of carbonyl (C=O) groups excluding carboxylic acids is 1. The van der Waals surface area contributed by atoms with Crippen LogP contribution in [-0.4, -0.2) is 45.2 Å². The number of carbonyl (C=O) groups is 1. The van der Waals surface area contributed by atoms with Crippen LogP contribution in [0.2, 0.25) is 0 Å². The Bertz CT molecular complexity index is 826. The monoisotopic (exact) mass is 320 g/mol. The maximum atomic E-state index is 12.5. The molecule has 6 nitrogen and oxygen atoms in total. The molecule has 4 rings (SSSR count). The van der Waals surface area contributed by atoms with Gasteiger partial charge in [-0.25, -0.2) is 0 Å². The Balaban J connectivity index is 1.37. The van der Waals surface area contributed by atoms with E-state index in [0.717, 1.165) is 17.0 Å². The Kier molecular flexibility index (Phi) is 3.70. The van der Waals surface area contributed by atoms with Gasteiger partial charge in [-0.15, -0.1) is 0 Å². The fraction of sp³-hybridized carbons (Fsp3) is 0.167. The molecule has 0 unspecified atom stereocenters. The first-order valence-corrected chi connectivity index (χ1v) is 7.76. The summed E-state index contributed by atoms with van der Waals surface area (Å²) in [6.45, 7) is 1.13. The Morgan fingerprint density at radius 1 is 1.17 bits per heavy atom. The third-order valence-corrected chi connectivity index (χ3v) is 3.95. The molecule has 0 spiro atoms. The molecule has 1 saturated heterocycles. The predicted octanol–water partition coefficient (Wildman–Crippen LogP) is 2.38. The van der Waals surface area contributed by atoms with Crippen LogP contribution in [0.25, 0.3) is 11.3 Å². The van der Waals surface area contributed by atoms with Crippen molar-refractivity contribution in [2.45, 2.75) is 6.10 Å². The van der Waals surface area contributed by atoms with Crippen molar-refractivity contribution in [2.24, 2.45) is 0 Å². The summed E-state index contributed by atoms with van der Waals surface area (Å²) in [7, 11) is 0. The van der Waals surface area contributed by atoms with E-state index >= 15 is 0 Å². The number of likely N-dealkylation sites (tertiary alicyclic amines) is 1. The first-order valence-electron chi connectivity index (χ1n) is 7.76. The lowest BCUT2D eigenvalue weighted by Crippen LogP contribution is -2.56. The summed E-state index contributed by atoms with van der Waals surface area (Å²) < 4.78 is 5.76. The van der Waals surface area contributed by atoms with E-state index in [4.69, 9.17) is 4.74 Å². The van der Waals surface area contributed by atoms with Gasteiger partial charge in [-0.05, 0) is 18.2 Å². The quantitative estimate of drug-likeness (QED) is 0.801. The summed E-state index contributed by atoms with van der Waals surface area (Å²) in [5.74, 6) is 0.665. The van der Waals surface area contributed by atoms with Gasteiger partial charge in [0.25, 0.3) is 5.91 Å². The zero-order valence-corrected chi connectivity index (χ0v) is 12.9. The first kappa shape index (κ1) is 14.4. The minimum absolute atomic E-state index is 0.00895. The first-order chi connectivity index (χ1) is 11.8. The lowest BCUT2D eigenvalue weighted by atomic mass is 10.1. The van der Waals surface area contributed by atoms with Gasteiger partial charge in [0.15, 0.2) is 0 Å². The highest BCUT2D eigenvalue weighted by Crippen LogP contribution is 2.21. The molecule has 1 fully saturated rings. The number of rotatable bonds is 4. The molecule has 1 N–H and O–H groups in total. The van der Waals surface area contributed by atoms with Crippen molar-refractivity contribution in [1.82, 2.24) is 20.1 Å². The van der Waals surface area contributed by atoms with E-state index in [1.807, 2.05) is 42.5 Å². The maximum Gasteiger partial charge on any atom is 0.272 e. The average molecular weight is 320 g/mol. The van der Waals surface area contributed by atoms with E-state index in [9.17, 15) is 4.79 Å². The Morgan fingerprint density at radius 2 is 2.00 bits per heavy atom. The van der Waals surface area contributed by atoms with Gasteiger partial charge in [0, 0.05) is 11.8 Å². The largest absolute Gasteiger partial charge is 0.485 e. The van der Waals surface area contributed by atoms with Gasteiger partial charge in [0.2, 0.25) is 0 Å². The number of ether oxygens (including phenoxy) is 1. The lowest BCUT2D eigenvalue weighted by molar-refractivity contribution is 0.0172. The van der Waals surface area contributed by atoms with Crippen LogP contribution in [0, 0.1) is 0 Å². The van der Waals surface area contributed by atoms with Crippen LogP contribution in [0.3, 0.4) is 0 Å². The van der Waals surface area contributed by atoms with Crippen molar-refractivity contribution in [3.8, 4) is 17.0 Å². The van der Waals surface area contributed by atoms with E-state index < -0.39 is 0 Å². The van der Waals surface area contributed by atoms with Crippen molar-refractivity contribution in [1.29, 1.82) is 0 Å². The van der Waals surface area contributed by atoms with Crippen LogP contribution in [0.4, 0.5) is 0 Å². The molecule has 1 amide bonds. The highest BCUT2D eigenvalue weighted by Gasteiger charge is 2.33. The van der Waals surface area contributed by atoms with Gasteiger partial charge >= 0.3 is 0 Å². The summed E-state index contributed by atoms with van der Waals surface area (Å²) in [6, 6.07) is 15.2. The number of H-pyrrole nitrogens is 1. The van der Waals surface area contributed by atoms with Crippen molar-refractivity contribution in [3.05, 3.63) is 66.6 Å². The van der Waals surface area contributed by atoms with E-state index in [2.05, 4.69) is 15.2 Å². The third kappa shape index (κ3) is 2.86. The third-order valence-electron chi connectivity index (χ3n) is 3.95. The summed E-state index contributed by atoms with van der Waals surface area (Å²) in [4.78, 5) is 18.2. The van der Waals surface area contributed by atoms with Crippen LogP contribution in [0.15, 0.2) is 60.9 Å². The Morgan fingerprint density at radius 3 is 2.75 bits per heavy atom. The van der Waals surface area contributed by atoms with Gasteiger partial charge in [-0.2, -0.15) is 5.10 Å². The summed E-state index contributed by atoms with van der Waals surface area (Å²) in [5.41, 5.74) is 2.24. The molecule has 0 bridgehead atoms. The smallest absolute Gasteiger partial charge is 0.272 e. The number of hydrogen-bond donors (Lipinski definition) is 1. The lowest BCUT2D eigenvalue weighted by Gasteiger charge is -2.38. The van der Waals surface area contributed by atoms with Crippen LogP contribution in [0.5, 0.6) is 5.75 Å². The standard InChI is InChI=1S/C18H16N4O2/c23-18(17-9-16(20-21-17)13-5-2-1-3-6-13)22-11-15(12-22)24-14-7-4-8-19-10-14/h1-10,15H,11-12H2,(H,20,21). The number of nitrogens with one attached hydrogen (secondary N) is 1. The molecular weight excluding hydrogens is 304 g/mol. The van der Waals surface area contributed by atoms with Crippen LogP contribution in [0.1, 0.15) is 10.5 Å². The molecule has 1 aliphatic rings. The number of amides is 1.